The summed E-state index contributed by atoms with van der Waals surface area (Å²) in [4.78, 5) is 12.1. The summed E-state index contributed by atoms with van der Waals surface area (Å²) in [5, 5.41) is 0. The molecule has 3 nitrogen and oxygen atoms in total. The van der Waals surface area contributed by atoms with Crippen molar-refractivity contribution in [3.8, 4) is 16.9 Å². The molecule has 2 atom stereocenters. The molecule has 2 saturated carbocycles. The van der Waals surface area contributed by atoms with Crippen LogP contribution >= 0.6 is 0 Å². The first-order valence-corrected chi connectivity index (χ1v) is 13.6. The molecule has 0 aliphatic heterocycles. The van der Waals surface area contributed by atoms with Gasteiger partial charge in [0.15, 0.2) is 0 Å². The van der Waals surface area contributed by atoms with E-state index in [0.29, 0.717) is 0 Å². The molecule has 0 saturated heterocycles. The third-order valence-corrected chi connectivity index (χ3v) is 8.35. The second-order valence-electron chi connectivity index (χ2n) is 11.5. The molecule has 0 amide bonds. The van der Waals surface area contributed by atoms with Gasteiger partial charge in [0.1, 0.15) is 12.4 Å². The summed E-state index contributed by atoms with van der Waals surface area (Å²) in [6.45, 7) is 5.16. The fraction of sp³-hybridized carbons (Fsp3) is 0.382. The highest BCUT2D eigenvalue weighted by atomic mass is 16.5. The van der Waals surface area contributed by atoms with Gasteiger partial charge in [-0.05, 0) is 95.7 Å². The summed E-state index contributed by atoms with van der Waals surface area (Å²) in [6.07, 6.45) is 9.92. The van der Waals surface area contributed by atoms with E-state index in [-0.39, 0.29) is 18.0 Å². The topological polar surface area (TPSA) is 35.5 Å². The zero-order valence-corrected chi connectivity index (χ0v) is 22.3. The summed E-state index contributed by atoms with van der Waals surface area (Å²) < 4.78 is 11.2. The minimum Gasteiger partial charge on any atom is -0.496 e. The van der Waals surface area contributed by atoms with Gasteiger partial charge in [0.25, 0.3) is 0 Å². The van der Waals surface area contributed by atoms with Crippen molar-refractivity contribution in [2.75, 3.05) is 7.11 Å². The van der Waals surface area contributed by atoms with Crippen molar-refractivity contribution in [3.63, 3.8) is 0 Å². The first-order valence-electron chi connectivity index (χ1n) is 13.6. The maximum atomic E-state index is 12.1. The second-order valence-corrected chi connectivity index (χ2v) is 11.5. The molecule has 3 heteroatoms. The zero-order valence-electron chi connectivity index (χ0n) is 22.3. The molecule has 0 aromatic heterocycles. The molecule has 2 aliphatic carbocycles. The average Bonchev–Trinajstić information content (AvgIpc) is 2.90. The van der Waals surface area contributed by atoms with Crippen molar-refractivity contribution >= 4 is 12.0 Å². The molecular formula is C34H38O3. The van der Waals surface area contributed by atoms with Crippen molar-refractivity contribution in [2.45, 2.75) is 58.0 Å². The van der Waals surface area contributed by atoms with E-state index in [1.807, 2.05) is 42.5 Å². The minimum atomic E-state index is -0.340. The number of hydrogen-bond acceptors (Lipinski definition) is 3. The Labute approximate surface area is 221 Å². The van der Waals surface area contributed by atoms with Crippen LogP contribution in [0.25, 0.3) is 17.2 Å². The first-order chi connectivity index (χ1) is 17.9. The van der Waals surface area contributed by atoms with Crippen LogP contribution in [0.5, 0.6) is 5.75 Å². The lowest BCUT2D eigenvalue weighted by Crippen LogP contribution is -2.39. The number of carbonyl (C=O) groups is 1. The predicted molar refractivity (Wildman–Crippen MR) is 150 cm³/mol. The molecule has 2 unspecified atom stereocenters. The Kier molecular flexibility index (Phi) is 7.50. The molecule has 0 spiro atoms. The highest BCUT2D eigenvalue weighted by molar-refractivity contribution is 5.87. The molecule has 192 valence electrons. The number of rotatable bonds is 7. The smallest absolute Gasteiger partial charge is 0.331 e. The monoisotopic (exact) mass is 494 g/mol. The number of ether oxygens (including phenoxy) is 2. The average molecular weight is 495 g/mol. The van der Waals surface area contributed by atoms with Crippen molar-refractivity contribution in [1.29, 1.82) is 0 Å². The van der Waals surface area contributed by atoms with E-state index in [4.69, 9.17) is 9.47 Å². The van der Waals surface area contributed by atoms with Gasteiger partial charge in [0.05, 0.1) is 7.11 Å². The number of hydrogen-bond donors (Lipinski definition) is 0. The Hall–Kier alpha value is -3.33. The van der Waals surface area contributed by atoms with Crippen LogP contribution in [0.3, 0.4) is 0 Å². The standard InChI is InChI=1S/C34H38O3/c1-24-17-27-19-28(18-24)22-34(2,21-27)31-20-30(14-15-32(31)36-3)29-12-9-25(10-13-29)11-16-33(35)37-23-26-7-5-4-6-8-26/h4-16,20,24,27-28H,17-19,21-23H2,1-3H3/b16-11+. The molecule has 37 heavy (non-hydrogen) atoms. The lowest BCUT2D eigenvalue weighted by molar-refractivity contribution is -0.138. The molecule has 3 aromatic rings. The molecule has 0 heterocycles. The highest BCUT2D eigenvalue weighted by Gasteiger charge is 2.43. The summed E-state index contributed by atoms with van der Waals surface area (Å²) in [5.74, 6) is 3.18. The quantitative estimate of drug-likeness (QED) is 0.245. The second kappa shape index (κ2) is 11.0. The molecule has 3 aromatic carbocycles. The zero-order chi connectivity index (χ0) is 25.8. The largest absolute Gasteiger partial charge is 0.496 e. The Morgan fingerprint density at radius 2 is 1.59 bits per heavy atom. The van der Waals surface area contributed by atoms with Crippen LogP contribution in [-0.2, 0) is 21.6 Å². The van der Waals surface area contributed by atoms with Crippen LogP contribution in [0, 0.1) is 17.8 Å². The lowest BCUT2D eigenvalue weighted by Gasteiger charge is -2.48. The van der Waals surface area contributed by atoms with Gasteiger partial charge >= 0.3 is 5.97 Å². The Morgan fingerprint density at radius 3 is 2.27 bits per heavy atom. The summed E-state index contributed by atoms with van der Waals surface area (Å²) in [5.41, 5.74) is 5.82. The number of carbonyl (C=O) groups excluding carboxylic acids is 1. The number of benzene rings is 3. The van der Waals surface area contributed by atoms with Crippen molar-refractivity contribution in [1.82, 2.24) is 0 Å². The lowest BCUT2D eigenvalue weighted by atomic mass is 9.57. The van der Waals surface area contributed by atoms with E-state index < -0.39 is 0 Å². The fourth-order valence-corrected chi connectivity index (χ4v) is 6.90. The van der Waals surface area contributed by atoms with Gasteiger partial charge in [-0.2, -0.15) is 0 Å². The maximum absolute atomic E-state index is 12.1. The van der Waals surface area contributed by atoms with E-state index in [9.17, 15) is 4.79 Å². The van der Waals surface area contributed by atoms with Crippen molar-refractivity contribution < 1.29 is 14.3 Å². The predicted octanol–water partition coefficient (Wildman–Crippen LogP) is 8.22. The number of fused-ring (bicyclic) bond motifs is 2. The van der Waals surface area contributed by atoms with Gasteiger partial charge in [-0.3, -0.25) is 0 Å². The van der Waals surface area contributed by atoms with Crippen LogP contribution in [0.1, 0.15) is 62.6 Å². The SMILES string of the molecule is COc1ccc(-c2ccc(/C=C/C(=O)OCc3ccccc3)cc2)cc1C1(C)CC2CC(C)CC(C2)C1. The van der Waals surface area contributed by atoms with E-state index in [1.165, 1.54) is 54.9 Å². The minimum absolute atomic E-state index is 0.151. The molecule has 0 N–H and O–H groups in total. The summed E-state index contributed by atoms with van der Waals surface area (Å²) in [7, 11) is 1.79. The molecule has 0 radical (unpaired) electrons. The molecule has 2 aliphatic rings. The Morgan fingerprint density at radius 1 is 0.919 bits per heavy atom. The van der Waals surface area contributed by atoms with Crippen LogP contribution < -0.4 is 4.74 Å². The van der Waals surface area contributed by atoms with Crippen LogP contribution in [-0.4, -0.2) is 13.1 Å². The fourth-order valence-electron chi connectivity index (χ4n) is 6.90. The summed E-state index contributed by atoms with van der Waals surface area (Å²) >= 11 is 0. The van der Waals surface area contributed by atoms with Crippen molar-refractivity contribution in [2.24, 2.45) is 17.8 Å². The van der Waals surface area contributed by atoms with E-state index >= 15 is 0 Å². The number of methoxy groups -OCH3 is 1. The van der Waals surface area contributed by atoms with Gasteiger partial charge < -0.3 is 9.47 Å². The number of esters is 1. The van der Waals surface area contributed by atoms with Crippen LogP contribution in [0.15, 0.2) is 78.9 Å². The third-order valence-electron chi connectivity index (χ3n) is 8.35. The van der Waals surface area contributed by atoms with E-state index in [2.05, 4.69) is 44.2 Å². The van der Waals surface area contributed by atoms with E-state index in [0.717, 1.165) is 34.6 Å². The highest BCUT2D eigenvalue weighted by Crippen LogP contribution is 2.53. The molecule has 2 fully saturated rings. The van der Waals surface area contributed by atoms with Crippen LogP contribution in [0.2, 0.25) is 0 Å². The maximum Gasteiger partial charge on any atom is 0.331 e. The molecule has 2 bridgehead atoms. The Balaban J connectivity index is 1.29. The van der Waals surface area contributed by atoms with Gasteiger partial charge in [-0.25, -0.2) is 4.79 Å². The van der Waals surface area contributed by atoms with E-state index in [1.54, 1.807) is 13.2 Å². The molecule has 5 rings (SSSR count). The Bertz CT molecular complexity index is 1220. The van der Waals surface area contributed by atoms with Gasteiger partial charge in [0.2, 0.25) is 0 Å². The van der Waals surface area contributed by atoms with Gasteiger partial charge in [0, 0.05) is 11.6 Å². The molecular weight excluding hydrogens is 456 g/mol. The normalized spacial score (nSPS) is 25.1. The van der Waals surface area contributed by atoms with Gasteiger partial charge in [-0.1, -0.05) is 74.5 Å². The first kappa shape index (κ1) is 25.3. The van der Waals surface area contributed by atoms with Crippen LogP contribution in [0.4, 0.5) is 0 Å². The van der Waals surface area contributed by atoms with Gasteiger partial charge in [-0.15, -0.1) is 0 Å². The van der Waals surface area contributed by atoms with Crippen molar-refractivity contribution in [3.05, 3.63) is 95.6 Å². The summed E-state index contributed by atoms with van der Waals surface area (Å²) in [6, 6.07) is 24.7. The third kappa shape index (κ3) is 5.98.